The highest BCUT2D eigenvalue weighted by Gasteiger charge is 2.16. The molecule has 21 heavy (non-hydrogen) atoms. The van der Waals surface area contributed by atoms with Gasteiger partial charge in [0.25, 0.3) is 0 Å². The van der Waals surface area contributed by atoms with Gasteiger partial charge < -0.3 is 15.4 Å². The molecular weight excluding hydrogens is 308 g/mol. The first kappa shape index (κ1) is 14.8. The van der Waals surface area contributed by atoms with E-state index < -0.39 is 0 Å². The van der Waals surface area contributed by atoms with E-state index in [0.717, 1.165) is 29.1 Å². The van der Waals surface area contributed by atoms with Crippen LogP contribution < -0.4 is 10.6 Å². The molecule has 112 valence electrons. The Labute approximate surface area is 132 Å². The van der Waals surface area contributed by atoms with Gasteiger partial charge in [-0.15, -0.1) is 11.3 Å². The highest BCUT2D eigenvalue weighted by atomic mass is 35.5. The minimum Gasteiger partial charge on any atom is -0.378 e. The number of rotatable bonds is 4. The van der Waals surface area contributed by atoms with E-state index in [2.05, 4.69) is 16.0 Å². The van der Waals surface area contributed by atoms with Crippen LogP contribution in [0.4, 0.5) is 0 Å². The molecule has 1 aliphatic rings. The van der Waals surface area contributed by atoms with Gasteiger partial charge in [0.2, 0.25) is 5.91 Å². The number of hydrogen-bond donors (Lipinski definition) is 2. The van der Waals surface area contributed by atoms with Crippen molar-refractivity contribution in [3.8, 4) is 0 Å². The second-order valence-corrected chi connectivity index (χ2v) is 6.46. The van der Waals surface area contributed by atoms with Crippen molar-refractivity contribution in [1.29, 1.82) is 0 Å². The van der Waals surface area contributed by atoms with Crippen molar-refractivity contribution in [2.45, 2.75) is 19.0 Å². The summed E-state index contributed by atoms with van der Waals surface area (Å²) in [5.41, 5.74) is 1.11. The maximum Gasteiger partial charge on any atom is 0.221 e. The van der Waals surface area contributed by atoms with Crippen LogP contribution in [0.25, 0.3) is 10.1 Å². The van der Waals surface area contributed by atoms with E-state index in [1.807, 2.05) is 18.2 Å². The predicted molar refractivity (Wildman–Crippen MR) is 85.9 cm³/mol. The number of carbonyl (C=O) groups is 1. The first-order valence-electron chi connectivity index (χ1n) is 6.96. The molecule has 1 aromatic heterocycles. The number of benzene rings is 1. The zero-order chi connectivity index (χ0) is 14.7. The van der Waals surface area contributed by atoms with E-state index >= 15 is 0 Å². The Balaban J connectivity index is 1.58. The maximum atomic E-state index is 12.0. The molecule has 0 aliphatic carbocycles. The molecule has 1 fully saturated rings. The Morgan fingerprint density at radius 2 is 2.43 bits per heavy atom. The molecule has 1 aliphatic heterocycles. The van der Waals surface area contributed by atoms with Gasteiger partial charge in [-0.25, -0.2) is 0 Å². The lowest BCUT2D eigenvalue weighted by Gasteiger charge is -2.23. The average molecular weight is 325 g/mol. The summed E-state index contributed by atoms with van der Waals surface area (Å²) in [6, 6.07) is 5.97. The normalized spacial score (nSPS) is 18.8. The largest absolute Gasteiger partial charge is 0.378 e. The molecule has 3 rings (SSSR count). The molecule has 6 heteroatoms. The van der Waals surface area contributed by atoms with Crippen LogP contribution in [-0.2, 0) is 16.1 Å². The summed E-state index contributed by atoms with van der Waals surface area (Å²) < 4.78 is 6.53. The van der Waals surface area contributed by atoms with E-state index in [4.69, 9.17) is 16.3 Å². The number of ether oxygens (including phenoxy) is 1. The molecule has 0 bridgehead atoms. The SMILES string of the molecule is O=C(C[C@H]1COCCN1)NCc1csc2ccc(Cl)cc12. The van der Waals surface area contributed by atoms with Crippen molar-refractivity contribution in [2.75, 3.05) is 19.8 Å². The number of hydrogen-bond acceptors (Lipinski definition) is 4. The summed E-state index contributed by atoms with van der Waals surface area (Å²) >= 11 is 7.70. The standard InChI is InChI=1S/C15H17ClN2O2S/c16-11-1-2-14-13(5-11)10(9-21-14)7-18-15(19)6-12-8-20-4-3-17-12/h1-2,5,9,12,17H,3-4,6-8H2,(H,18,19)/t12-/m0/s1. The zero-order valence-corrected chi connectivity index (χ0v) is 13.1. The number of halogens is 1. The van der Waals surface area contributed by atoms with Crippen molar-refractivity contribution in [1.82, 2.24) is 10.6 Å². The van der Waals surface area contributed by atoms with Crippen molar-refractivity contribution in [3.63, 3.8) is 0 Å². The molecular formula is C15H17ClN2O2S. The van der Waals surface area contributed by atoms with Crippen LogP contribution in [0.3, 0.4) is 0 Å². The fourth-order valence-corrected chi connectivity index (χ4v) is 3.55. The predicted octanol–water partition coefficient (Wildman–Crippen LogP) is 2.55. The van der Waals surface area contributed by atoms with Crippen molar-refractivity contribution >= 4 is 38.9 Å². The van der Waals surface area contributed by atoms with E-state index in [1.165, 1.54) is 4.70 Å². The van der Waals surface area contributed by atoms with E-state index in [9.17, 15) is 4.79 Å². The van der Waals surface area contributed by atoms with Gasteiger partial charge in [0.1, 0.15) is 0 Å². The average Bonchev–Trinajstić information content (AvgIpc) is 2.88. The van der Waals surface area contributed by atoms with Gasteiger partial charge >= 0.3 is 0 Å². The zero-order valence-electron chi connectivity index (χ0n) is 11.5. The molecule has 1 saturated heterocycles. The van der Waals surface area contributed by atoms with E-state index in [-0.39, 0.29) is 11.9 Å². The summed E-state index contributed by atoms with van der Waals surface area (Å²) in [7, 11) is 0. The Morgan fingerprint density at radius 1 is 1.52 bits per heavy atom. The van der Waals surface area contributed by atoms with Gasteiger partial charge in [0.05, 0.1) is 13.2 Å². The van der Waals surface area contributed by atoms with Crippen LogP contribution in [0.15, 0.2) is 23.6 Å². The summed E-state index contributed by atoms with van der Waals surface area (Å²) in [5, 5.41) is 10.2. The molecule has 0 radical (unpaired) electrons. The number of nitrogens with one attached hydrogen (secondary N) is 2. The quantitative estimate of drug-likeness (QED) is 0.908. The van der Waals surface area contributed by atoms with Crippen molar-refractivity contribution < 1.29 is 9.53 Å². The van der Waals surface area contributed by atoms with Crippen LogP contribution in [0.5, 0.6) is 0 Å². The van der Waals surface area contributed by atoms with Gasteiger partial charge in [-0.3, -0.25) is 4.79 Å². The topological polar surface area (TPSA) is 50.4 Å². The number of fused-ring (bicyclic) bond motifs is 1. The Morgan fingerprint density at radius 3 is 3.24 bits per heavy atom. The molecule has 1 aromatic carbocycles. The maximum absolute atomic E-state index is 12.0. The first-order chi connectivity index (χ1) is 10.2. The number of carbonyl (C=O) groups excluding carboxylic acids is 1. The smallest absolute Gasteiger partial charge is 0.221 e. The summed E-state index contributed by atoms with van der Waals surface area (Å²) in [6.45, 7) is 2.67. The monoisotopic (exact) mass is 324 g/mol. The minimum absolute atomic E-state index is 0.0411. The van der Waals surface area contributed by atoms with Gasteiger partial charge in [-0.05, 0) is 34.5 Å². The van der Waals surface area contributed by atoms with Crippen LogP contribution in [0.1, 0.15) is 12.0 Å². The fourth-order valence-electron chi connectivity index (χ4n) is 2.43. The van der Waals surface area contributed by atoms with Crippen molar-refractivity contribution in [3.05, 3.63) is 34.2 Å². The number of amides is 1. The van der Waals surface area contributed by atoms with E-state index in [0.29, 0.717) is 19.6 Å². The lowest BCUT2D eigenvalue weighted by molar-refractivity contribution is -0.122. The summed E-state index contributed by atoms with van der Waals surface area (Å²) in [4.78, 5) is 12.0. The Kier molecular flexibility index (Phi) is 4.75. The third-order valence-electron chi connectivity index (χ3n) is 3.52. The highest BCUT2D eigenvalue weighted by Crippen LogP contribution is 2.28. The number of thiophene rings is 1. The van der Waals surface area contributed by atoms with Gasteiger partial charge in [-0.2, -0.15) is 0 Å². The summed E-state index contributed by atoms with van der Waals surface area (Å²) in [6.07, 6.45) is 0.447. The molecule has 0 unspecified atom stereocenters. The minimum atomic E-state index is 0.0411. The molecule has 0 saturated carbocycles. The van der Waals surface area contributed by atoms with E-state index in [1.54, 1.807) is 11.3 Å². The lowest BCUT2D eigenvalue weighted by Crippen LogP contribution is -2.44. The molecule has 1 atom stereocenters. The molecule has 0 spiro atoms. The van der Waals surface area contributed by atoms with Crippen LogP contribution in [0.2, 0.25) is 5.02 Å². The van der Waals surface area contributed by atoms with Gasteiger partial charge in [0, 0.05) is 35.3 Å². The van der Waals surface area contributed by atoms with Crippen LogP contribution in [-0.4, -0.2) is 31.7 Å². The molecule has 2 heterocycles. The van der Waals surface area contributed by atoms with Crippen LogP contribution >= 0.6 is 22.9 Å². The molecule has 2 N–H and O–H groups in total. The first-order valence-corrected chi connectivity index (χ1v) is 8.21. The molecule has 1 amide bonds. The fraction of sp³-hybridized carbons (Fsp3) is 0.400. The second-order valence-electron chi connectivity index (χ2n) is 5.11. The lowest BCUT2D eigenvalue weighted by atomic mass is 10.1. The summed E-state index contributed by atoms with van der Waals surface area (Å²) in [5.74, 6) is 0.0411. The molecule has 4 nitrogen and oxygen atoms in total. The highest BCUT2D eigenvalue weighted by molar-refractivity contribution is 7.17. The Hall–Kier alpha value is -1.14. The second kappa shape index (κ2) is 6.75. The van der Waals surface area contributed by atoms with Gasteiger partial charge in [-0.1, -0.05) is 11.6 Å². The van der Waals surface area contributed by atoms with Crippen molar-refractivity contribution in [2.24, 2.45) is 0 Å². The van der Waals surface area contributed by atoms with Gasteiger partial charge in [0.15, 0.2) is 0 Å². The van der Waals surface area contributed by atoms with Crippen LogP contribution in [0, 0.1) is 0 Å². The molecule has 2 aromatic rings. The third kappa shape index (κ3) is 3.74. The number of morpholine rings is 1. The third-order valence-corrected chi connectivity index (χ3v) is 4.77. The Bertz CT molecular complexity index is 638.